The number of carbonyl (C=O) groups is 1. The van der Waals surface area contributed by atoms with Crippen molar-refractivity contribution in [3.63, 3.8) is 0 Å². The maximum Gasteiger partial charge on any atom is 0.251 e. The molecule has 1 unspecified atom stereocenters. The Labute approximate surface area is 142 Å². The Hall–Kier alpha value is -2.21. The zero-order valence-corrected chi connectivity index (χ0v) is 14.6. The second-order valence-corrected chi connectivity index (χ2v) is 6.54. The first kappa shape index (κ1) is 18.1. The van der Waals surface area contributed by atoms with Crippen LogP contribution in [0.25, 0.3) is 11.4 Å². The lowest BCUT2D eigenvalue weighted by Gasteiger charge is -2.18. The number of amides is 1. The molecule has 6 nitrogen and oxygen atoms in total. The highest BCUT2D eigenvalue weighted by Crippen LogP contribution is 2.16. The smallest absolute Gasteiger partial charge is 0.251 e. The van der Waals surface area contributed by atoms with Crippen LogP contribution in [0.5, 0.6) is 0 Å². The summed E-state index contributed by atoms with van der Waals surface area (Å²) in [4.78, 5) is 16.5. The molecule has 0 aliphatic heterocycles. The van der Waals surface area contributed by atoms with Crippen molar-refractivity contribution in [1.29, 1.82) is 0 Å². The van der Waals surface area contributed by atoms with Crippen molar-refractivity contribution in [2.45, 2.75) is 26.7 Å². The van der Waals surface area contributed by atoms with Gasteiger partial charge in [0, 0.05) is 31.3 Å². The number of aliphatic hydroxyl groups is 1. The molecule has 1 amide bonds. The van der Waals surface area contributed by atoms with Gasteiger partial charge in [-0.3, -0.25) is 9.48 Å². The van der Waals surface area contributed by atoms with Crippen molar-refractivity contribution in [3.8, 4) is 11.4 Å². The Kier molecular flexibility index (Phi) is 6.49. The standard InChI is InChI=1S/C18H26N4O2/c1-13(2)10-14(8-9-23)11-19-18(24)16-6-4-15(5-7-16)17-20-12-22(3)21-17/h4-7,12-14,23H,8-11H2,1-3H3,(H,19,24). The number of aliphatic hydroxyl groups excluding tert-OH is 1. The number of rotatable bonds is 8. The first-order chi connectivity index (χ1) is 11.5. The van der Waals surface area contributed by atoms with Gasteiger partial charge >= 0.3 is 0 Å². The average molecular weight is 330 g/mol. The highest BCUT2D eigenvalue weighted by molar-refractivity contribution is 5.94. The quantitative estimate of drug-likeness (QED) is 0.778. The minimum Gasteiger partial charge on any atom is -0.396 e. The minimum absolute atomic E-state index is 0.0952. The van der Waals surface area contributed by atoms with E-state index in [0.29, 0.717) is 36.2 Å². The van der Waals surface area contributed by atoms with Crippen LogP contribution in [0.2, 0.25) is 0 Å². The Bertz CT molecular complexity index is 649. The van der Waals surface area contributed by atoms with Gasteiger partial charge in [0.2, 0.25) is 0 Å². The molecule has 0 spiro atoms. The van der Waals surface area contributed by atoms with E-state index in [9.17, 15) is 4.79 Å². The fourth-order valence-corrected chi connectivity index (χ4v) is 2.73. The van der Waals surface area contributed by atoms with Gasteiger partial charge in [-0.1, -0.05) is 26.0 Å². The van der Waals surface area contributed by atoms with Crippen molar-refractivity contribution in [1.82, 2.24) is 20.1 Å². The first-order valence-corrected chi connectivity index (χ1v) is 8.34. The molecule has 0 radical (unpaired) electrons. The van der Waals surface area contributed by atoms with Gasteiger partial charge in [0.05, 0.1) is 0 Å². The molecule has 130 valence electrons. The second kappa shape index (κ2) is 8.59. The SMILES string of the molecule is CC(C)CC(CCO)CNC(=O)c1ccc(-c2ncn(C)n2)cc1. The van der Waals surface area contributed by atoms with E-state index in [2.05, 4.69) is 29.2 Å². The maximum absolute atomic E-state index is 12.3. The van der Waals surface area contributed by atoms with E-state index in [0.717, 1.165) is 12.0 Å². The molecule has 1 aromatic carbocycles. The largest absolute Gasteiger partial charge is 0.396 e. The zero-order valence-electron chi connectivity index (χ0n) is 14.6. The zero-order chi connectivity index (χ0) is 17.5. The molecular formula is C18H26N4O2. The second-order valence-electron chi connectivity index (χ2n) is 6.54. The summed E-state index contributed by atoms with van der Waals surface area (Å²) in [6.45, 7) is 5.04. The number of nitrogens with zero attached hydrogens (tertiary/aromatic N) is 3. The number of benzene rings is 1. The molecule has 0 saturated heterocycles. The van der Waals surface area contributed by atoms with Gasteiger partial charge in [-0.05, 0) is 36.8 Å². The summed E-state index contributed by atoms with van der Waals surface area (Å²) in [5, 5.41) is 16.4. The molecule has 0 saturated carbocycles. The molecule has 0 bridgehead atoms. The number of aryl methyl sites for hydroxylation is 1. The molecule has 1 heterocycles. The summed E-state index contributed by atoms with van der Waals surface area (Å²) < 4.78 is 1.64. The van der Waals surface area contributed by atoms with Crippen LogP contribution in [0, 0.1) is 11.8 Å². The van der Waals surface area contributed by atoms with Gasteiger partial charge in [0.15, 0.2) is 5.82 Å². The molecule has 6 heteroatoms. The number of aromatic nitrogens is 3. The van der Waals surface area contributed by atoms with Crippen molar-refractivity contribution in [3.05, 3.63) is 36.2 Å². The van der Waals surface area contributed by atoms with Crippen LogP contribution >= 0.6 is 0 Å². The minimum atomic E-state index is -0.0952. The Morgan fingerprint density at radius 2 is 2.00 bits per heavy atom. The fourth-order valence-electron chi connectivity index (χ4n) is 2.73. The number of nitrogens with one attached hydrogen (secondary N) is 1. The van der Waals surface area contributed by atoms with E-state index in [1.165, 1.54) is 0 Å². The highest BCUT2D eigenvalue weighted by Gasteiger charge is 2.13. The molecule has 0 aliphatic rings. The van der Waals surface area contributed by atoms with Crippen molar-refractivity contribution in [2.24, 2.45) is 18.9 Å². The summed E-state index contributed by atoms with van der Waals surface area (Å²) in [6, 6.07) is 7.27. The molecule has 1 aromatic heterocycles. The van der Waals surface area contributed by atoms with Crippen LogP contribution < -0.4 is 5.32 Å². The van der Waals surface area contributed by atoms with E-state index in [4.69, 9.17) is 5.11 Å². The van der Waals surface area contributed by atoms with E-state index >= 15 is 0 Å². The van der Waals surface area contributed by atoms with Crippen LogP contribution in [0.1, 0.15) is 37.0 Å². The van der Waals surface area contributed by atoms with Crippen LogP contribution in [0.3, 0.4) is 0 Å². The van der Waals surface area contributed by atoms with E-state index in [-0.39, 0.29) is 12.5 Å². The topological polar surface area (TPSA) is 80.0 Å². The molecule has 2 N–H and O–H groups in total. The van der Waals surface area contributed by atoms with Gasteiger partial charge < -0.3 is 10.4 Å². The fraction of sp³-hybridized carbons (Fsp3) is 0.500. The Morgan fingerprint density at radius 3 is 2.54 bits per heavy atom. The van der Waals surface area contributed by atoms with Crippen LogP contribution in [-0.2, 0) is 7.05 Å². The van der Waals surface area contributed by atoms with Gasteiger partial charge in [-0.15, -0.1) is 0 Å². The van der Waals surface area contributed by atoms with Gasteiger partial charge in [-0.25, -0.2) is 4.98 Å². The normalized spacial score (nSPS) is 12.4. The van der Waals surface area contributed by atoms with Crippen molar-refractivity contribution in [2.75, 3.05) is 13.2 Å². The molecule has 24 heavy (non-hydrogen) atoms. The summed E-state index contributed by atoms with van der Waals surface area (Å²) in [7, 11) is 1.82. The third-order valence-electron chi connectivity index (χ3n) is 3.90. The highest BCUT2D eigenvalue weighted by atomic mass is 16.3. The third kappa shape index (κ3) is 5.16. The number of carbonyl (C=O) groups excluding carboxylic acids is 1. The van der Waals surface area contributed by atoms with Gasteiger partial charge in [0.25, 0.3) is 5.91 Å². The lowest BCUT2D eigenvalue weighted by atomic mass is 9.94. The molecule has 2 rings (SSSR count). The summed E-state index contributed by atoms with van der Waals surface area (Å²) >= 11 is 0. The first-order valence-electron chi connectivity index (χ1n) is 8.34. The van der Waals surface area contributed by atoms with Gasteiger partial charge in [0.1, 0.15) is 6.33 Å². The lowest BCUT2D eigenvalue weighted by Crippen LogP contribution is -2.30. The average Bonchev–Trinajstić information content (AvgIpc) is 2.99. The van der Waals surface area contributed by atoms with Crippen molar-refractivity contribution < 1.29 is 9.90 Å². The lowest BCUT2D eigenvalue weighted by molar-refractivity contribution is 0.0941. The Balaban J connectivity index is 1.94. The molecule has 2 aromatic rings. The number of hydrogen-bond acceptors (Lipinski definition) is 4. The molecule has 0 fully saturated rings. The van der Waals surface area contributed by atoms with E-state index < -0.39 is 0 Å². The predicted molar refractivity (Wildman–Crippen MR) is 93.4 cm³/mol. The van der Waals surface area contributed by atoms with Crippen LogP contribution in [0.4, 0.5) is 0 Å². The third-order valence-corrected chi connectivity index (χ3v) is 3.90. The molecular weight excluding hydrogens is 304 g/mol. The predicted octanol–water partition coefficient (Wildman–Crippen LogP) is 2.26. The monoisotopic (exact) mass is 330 g/mol. The summed E-state index contributed by atoms with van der Waals surface area (Å²) in [5.74, 6) is 1.39. The molecule has 0 aliphatic carbocycles. The van der Waals surface area contributed by atoms with E-state index in [1.807, 2.05) is 19.2 Å². The van der Waals surface area contributed by atoms with Crippen LogP contribution in [0.15, 0.2) is 30.6 Å². The Morgan fingerprint density at radius 1 is 1.29 bits per heavy atom. The maximum atomic E-state index is 12.3. The summed E-state index contributed by atoms with van der Waals surface area (Å²) in [5.41, 5.74) is 1.49. The van der Waals surface area contributed by atoms with Crippen LogP contribution in [-0.4, -0.2) is 38.9 Å². The van der Waals surface area contributed by atoms with E-state index in [1.54, 1.807) is 23.1 Å². The number of hydrogen-bond donors (Lipinski definition) is 2. The van der Waals surface area contributed by atoms with Gasteiger partial charge in [-0.2, -0.15) is 5.10 Å². The van der Waals surface area contributed by atoms with Crippen molar-refractivity contribution >= 4 is 5.91 Å². The molecule has 1 atom stereocenters. The summed E-state index contributed by atoms with van der Waals surface area (Å²) in [6.07, 6.45) is 3.35.